The standard InChI is InChI=1S/C24H22FNO4/c25-17-5-7-18(8-6-17)26-23(16-3-11-20(28)12-4-16)21(24(26)30)13-14-22(29)15-1-9-19(27)10-2-15/h1-12,21-23,27-29H,13-14H2/t21-,22+,23-/m1/s1. The minimum absolute atomic E-state index is 0.0856. The van der Waals surface area contributed by atoms with Crippen LogP contribution in [0, 0.1) is 11.7 Å². The molecule has 1 aliphatic rings. The molecule has 0 spiro atoms. The molecule has 1 saturated heterocycles. The average Bonchev–Trinajstić information content (AvgIpc) is 2.74. The molecular formula is C24H22FNO4. The van der Waals surface area contributed by atoms with Crippen molar-refractivity contribution in [2.45, 2.75) is 25.0 Å². The number of rotatable bonds is 6. The first-order chi connectivity index (χ1) is 14.4. The molecule has 154 valence electrons. The summed E-state index contributed by atoms with van der Waals surface area (Å²) in [7, 11) is 0. The Hall–Kier alpha value is -3.38. The molecule has 0 unspecified atom stereocenters. The number of aromatic hydroxyl groups is 2. The molecule has 0 saturated carbocycles. The Labute approximate surface area is 173 Å². The van der Waals surface area contributed by atoms with Gasteiger partial charge in [-0.3, -0.25) is 4.79 Å². The molecule has 3 atom stereocenters. The Morgan fingerprint density at radius 3 is 2.03 bits per heavy atom. The topological polar surface area (TPSA) is 81.0 Å². The van der Waals surface area contributed by atoms with Gasteiger partial charge in [0, 0.05) is 5.69 Å². The van der Waals surface area contributed by atoms with Crippen LogP contribution in [0.4, 0.5) is 10.1 Å². The Kier molecular flexibility index (Phi) is 5.42. The highest BCUT2D eigenvalue weighted by atomic mass is 19.1. The quantitative estimate of drug-likeness (QED) is 0.527. The lowest BCUT2D eigenvalue weighted by molar-refractivity contribution is -0.131. The number of hydrogen-bond donors (Lipinski definition) is 3. The number of carbonyl (C=O) groups excluding carboxylic acids is 1. The van der Waals surface area contributed by atoms with Gasteiger partial charge in [-0.15, -0.1) is 0 Å². The minimum Gasteiger partial charge on any atom is -0.508 e. The summed E-state index contributed by atoms with van der Waals surface area (Å²) in [6, 6.07) is 18.5. The fraction of sp³-hybridized carbons (Fsp3) is 0.208. The van der Waals surface area contributed by atoms with E-state index in [0.717, 1.165) is 5.56 Å². The molecule has 0 aromatic heterocycles. The minimum atomic E-state index is -0.751. The van der Waals surface area contributed by atoms with Crippen LogP contribution in [0.5, 0.6) is 11.5 Å². The first-order valence-electron chi connectivity index (χ1n) is 9.78. The highest BCUT2D eigenvalue weighted by Crippen LogP contribution is 2.46. The highest BCUT2D eigenvalue weighted by molar-refractivity contribution is 6.03. The van der Waals surface area contributed by atoms with E-state index in [1.165, 1.54) is 24.3 Å². The van der Waals surface area contributed by atoms with Crippen molar-refractivity contribution in [2.24, 2.45) is 5.92 Å². The maximum absolute atomic E-state index is 13.3. The summed E-state index contributed by atoms with van der Waals surface area (Å²) in [5, 5.41) is 29.5. The molecule has 3 N–H and O–H groups in total. The smallest absolute Gasteiger partial charge is 0.233 e. The van der Waals surface area contributed by atoms with E-state index in [4.69, 9.17) is 0 Å². The number of carbonyl (C=O) groups is 1. The molecule has 1 fully saturated rings. The van der Waals surface area contributed by atoms with Crippen LogP contribution in [0.25, 0.3) is 0 Å². The molecule has 3 aromatic rings. The zero-order valence-electron chi connectivity index (χ0n) is 16.1. The number of aliphatic hydroxyl groups is 1. The SMILES string of the molecule is O=C1[C@H](CC[C@H](O)c2ccc(O)cc2)[C@@H](c2ccc(O)cc2)N1c1ccc(F)cc1. The third-order valence-corrected chi connectivity index (χ3v) is 5.58. The number of phenols is 2. The summed E-state index contributed by atoms with van der Waals surface area (Å²) in [4.78, 5) is 14.6. The van der Waals surface area contributed by atoms with Gasteiger partial charge in [0.2, 0.25) is 5.91 Å². The first-order valence-corrected chi connectivity index (χ1v) is 9.78. The third-order valence-electron chi connectivity index (χ3n) is 5.58. The number of hydrogen-bond acceptors (Lipinski definition) is 4. The lowest BCUT2D eigenvalue weighted by Gasteiger charge is -2.48. The van der Waals surface area contributed by atoms with Gasteiger partial charge >= 0.3 is 0 Å². The van der Waals surface area contributed by atoms with Crippen LogP contribution in [0.3, 0.4) is 0 Å². The molecule has 4 rings (SSSR count). The second-order valence-corrected chi connectivity index (χ2v) is 7.51. The predicted molar refractivity (Wildman–Crippen MR) is 111 cm³/mol. The van der Waals surface area contributed by atoms with Gasteiger partial charge in [0.05, 0.1) is 18.1 Å². The highest BCUT2D eigenvalue weighted by Gasteiger charge is 2.48. The van der Waals surface area contributed by atoms with Gasteiger partial charge < -0.3 is 20.2 Å². The summed E-state index contributed by atoms with van der Waals surface area (Å²) in [5.41, 5.74) is 2.15. The van der Waals surface area contributed by atoms with Gasteiger partial charge in [-0.2, -0.15) is 0 Å². The number of phenolic OH excluding ortho intramolecular Hbond substituents is 2. The molecule has 5 nitrogen and oxygen atoms in total. The van der Waals surface area contributed by atoms with Gasteiger partial charge in [0.15, 0.2) is 0 Å². The van der Waals surface area contributed by atoms with E-state index < -0.39 is 6.10 Å². The number of β-lactam (4-membered cyclic amide) rings is 1. The number of benzene rings is 3. The van der Waals surface area contributed by atoms with Gasteiger partial charge in [-0.25, -0.2) is 4.39 Å². The Bertz CT molecular complexity index is 1020. The van der Waals surface area contributed by atoms with E-state index in [1.54, 1.807) is 53.4 Å². The monoisotopic (exact) mass is 407 g/mol. The van der Waals surface area contributed by atoms with Crippen LogP contribution in [0.15, 0.2) is 72.8 Å². The number of nitrogens with zero attached hydrogens (tertiary/aromatic N) is 1. The number of amides is 1. The van der Waals surface area contributed by atoms with Crippen LogP contribution in [0.1, 0.15) is 36.1 Å². The normalized spacial score (nSPS) is 19.4. The maximum Gasteiger partial charge on any atom is 0.233 e. The number of anilines is 1. The predicted octanol–water partition coefficient (Wildman–Crippen LogP) is 4.45. The van der Waals surface area contributed by atoms with Crippen molar-refractivity contribution in [2.75, 3.05) is 4.90 Å². The van der Waals surface area contributed by atoms with E-state index in [2.05, 4.69) is 0 Å². The Morgan fingerprint density at radius 2 is 1.43 bits per heavy atom. The average molecular weight is 407 g/mol. The van der Waals surface area contributed by atoms with E-state index in [9.17, 15) is 24.5 Å². The van der Waals surface area contributed by atoms with Crippen LogP contribution in [-0.2, 0) is 4.79 Å². The van der Waals surface area contributed by atoms with Crippen LogP contribution >= 0.6 is 0 Å². The summed E-state index contributed by atoms with van der Waals surface area (Å²) < 4.78 is 13.3. The van der Waals surface area contributed by atoms with E-state index >= 15 is 0 Å². The van der Waals surface area contributed by atoms with Gasteiger partial charge in [0.1, 0.15) is 17.3 Å². The summed E-state index contributed by atoms with van der Waals surface area (Å²) in [5.74, 6) is -0.537. The second-order valence-electron chi connectivity index (χ2n) is 7.51. The van der Waals surface area contributed by atoms with Gasteiger partial charge in [-0.05, 0) is 72.5 Å². The molecular weight excluding hydrogens is 385 g/mol. The third kappa shape index (κ3) is 3.86. The molecule has 3 aromatic carbocycles. The molecule has 1 amide bonds. The maximum atomic E-state index is 13.3. The van der Waals surface area contributed by atoms with Gasteiger partial charge in [-0.1, -0.05) is 24.3 Å². The fourth-order valence-corrected chi connectivity index (χ4v) is 3.97. The molecule has 1 aliphatic heterocycles. The summed E-state index contributed by atoms with van der Waals surface area (Å²) in [6.07, 6.45) is 0.0932. The number of aliphatic hydroxyl groups excluding tert-OH is 1. The van der Waals surface area contributed by atoms with Crippen molar-refractivity contribution >= 4 is 11.6 Å². The van der Waals surface area contributed by atoms with Crippen molar-refractivity contribution < 1.29 is 24.5 Å². The van der Waals surface area contributed by atoms with Crippen LogP contribution in [0.2, 0.25) is 0 Å². The van der Waals surface area contributed by atoms with Crippen molar-refractivity contribution in [3.63, 3.8) is 0 Å². The first kappa shape index (κ1) is 19.9. The fourth-order valence-electron chi connectivity index (χ4n) is 3.97. The van der Waals surface area contributed by atoms with Crippen molar-refractivity contribution in [1.82, 2.24) is 0 Å². The van der Waals surface area contributed by atoms with Crippen LogP contribution in [-0.4, -0.2) is 21.2 Å². The lowest BCUT2D eigenvalue weighted by atomic mass is 9.78. The molecule has 6 heteroatoms. The second kappa shape index (κ2) is 8.16. The lowest BCUT2D eigenvalue weighted by Crippen LogP contribution is -2.55. The molecule has 1 heterocycles. The zero-order chi connectivity index (χ0) is 21.3. The van der Waals surface area contributed by atoms with E-state index in [-0.39, 0.29) is 35.2 Å². The largest absolute Gasteiger partial charge is 0.508 e. The van der Waals surface area contributed by atoms with Crippen molar-refractivity contribution in [3.8, 4) is 11.5 Å². The molecule has 0 radical (unpaired) electrons. The van der Waals surface area contributed by atoms with Crippen LogP contribution < -0.4 is 4.90 Å². The number of halogens is 1. The van der Waals surface area contributed by atoms with Gasteiger partial charge in [0.25, 0.3) is 0 Å². The van der Waals surface area contributed by atoms with E-state index in [1.807, 2.05) is 0 Å². The summed E-state index contributed by atoms with van der Waals surface area (Å²) >= 11 is 0. The zero-order valence-corrected chi connectivity index (χ0v) is 16.1. The molecule has 0 aliphatic carbocycles. The Morgan fingerprint density at radius 1 is 0.867 bits per heavy atom. The molecule has 0 bridgehead atoms. The Balaban J connectivity index is 1.55. The van der Waals surface area contributed by atoms with Crippen molar-refractivity contribution in [1.29, 1.82) is 0 Å². The summed E-state index contributed by atoms with van der Waals surface area (Å²) in [6.45, 7) is 0. The van der Waals surface area contributed by atoms with Crippen molar-refractivity contribution in [3.05, 3.63) is 89.7 Å². The van der Waals surface area contributed by atoms with E-state index in [0.29, 0.717) is 24.1 Å². The molecule has 30 heavy (non-hydrogen) atoms.